The molecule has 0 saturated carbocycles. The van der Waals surface area contributed by atoms with Gasteiger partial charge in [0.25, 0.3) is 0 Å². The Morgan fingerprint density at radius 3 is 2.73 bits per heavy atom. The third kappa shape index (κ3) is 1.65. The fourth-order valence-electron chi connectivity index (χ4n) is 1.81. The molecule has 0 unspecified atom stereocenters. The van der Waals surface area contributed by atoms with Gasteiger partial charge in [0.2, 0.25) is 0 Å². The fraction of sp³-hybridized carbons (Fsp3) is 0.182. The molecule has 78 valence electrons. The van der Waals surface area contributed by atoms with E-state index < -0.39 is 5.97 Å². The molecule has 0 spiro atoms. The van der Waals surface area contributed by atoms with Gasteiger partial charge >= 0.3 is 5.97 Å². The predicted octanol–water partition coefficient (Wildman–Crippen LogP) is 2.75. The summed E-state index contributed by atoms with van der Waals surface area (Å²) in [7, 11) is 0. The largest absolute Gasteiger partial charge is 0.511 e. The molecular formula is C11H9BrO3. The van der Waals surface area contributed by atoms with Crippen molar-refractivity contribution in [2.24, 2.45) is 0 Å². The summed E-state index contributed by atoms with van der Waals surface area (Å²) in [5.41, 5.74) is 1.59. The van der Waals surface area contributed by atoms with Gasteiger partial charge in [-0.05, 0) is 23.6 Å². The third-order valence-corrected chi connectivity index (χ3v) is 3.25. The first-order chi connectivity index (χ1) is 7.11. The van der Waals surface area contributed by atoms with Crippen LogP contribution in [0, 0.1) is 0 Å². The first-order valence-corrected chi connectivity index (χ1v) is 5.33. The third-order valence-electron chi connectivity index (χ3n) is 2.50. The summed E-state index contributed by atoms with van der Waals surface area (Å²) in [6.45, 7) is 0. The predicted molar refractivity (Wildman–Crippen MR) is 59.6 cm³/mol. The van der Waals surface area contributed by atoms with E-state index in [1.807, 2.05) is 6.07 Å². The van der Waals surface area contributed by atoms with Crippen molar-refractivity contribution < 1.29 is 15.0 Å². The summed E-state index contributed by atoms with van der Waals surface area (Å²) in [5, 5.41) is 18.6. The van der Waals surface area contributed by atoms with Gasteiger partial charge in [-0.25, -0.2) is 4.79 Å². The van der Waals surface area contributed by atoms with Crippen LogP contribution in [0.5, 0.6) is 0 Å². The molecule has 0 aromatic heterocycles. The van der Waals surface area contributed by atoms with Crippen LogP contribution in [0.4, 0.5) is 0 Å². The number of benzene rings is 1. The summed E-state index contributed by atoms with van der Waals surface area (Å²) in [6, 6.07) is 5.37. The molecule has 0 bridgehead atoms. The number of halogens is 1. The molecule has 1 aliphatic carbocycles. The minimum absolute atomic E-state index is 0.0255. The number of carbonyl (C=O) groups is 1. The van der Waals surface area contributed by atoms with Crippen molar-refractivity contribution in [1.82, 2.24) is 0 Å². The second-order valence-corrected chi connectivity index (χ2v) is 4.25. The van der Waals surface area contributed by atoms with Gasteiger partial charge in [0.15, 0.2) is 0 Å². The molecule has 0 amide bonds. The Kier molecular flexibility index (Phi) is 2.52. The van der Waals surface area contributed by atoms with E-state index in [1.165, 1.54) is 0 Å². The Hall–Kier alpha value is -1.29. The van der Waals surface area contributed by atoms with Crippen LogP contribution in [0.2, 0.25) is 0 Å². The number of hydrogen-bond acceptors (Lipinski definition) is 2. The molecule has 2 rings (SSSR count). The van der Waals surface area contributed by atoms with Gasteiger partial charge in [-0.3, -0.25) is 0 Å². The number of hydrogen-bond donors (Lipinski definition) is 2. The first kappa shape index (κ1) is 10.2. The fourth-order valence-corrected chi connectivity index (χ4v) is 2.37. The lowest BCUT2D eigenvalue weighted by atomic mass is 9.90. The molecule has 0 saturated heterocycles. The lowest BCUT2D eigenvalue weighted by Gasteiger charge is -2.18. The molecule has 0 fully saturated rings. The minimum atomic E-state index is -1.08. The van der Waals surface area contributed by atoms with E-state index in [0.717, 1.165) is 10.0 Å². The highest BCUT2D eigenvalue weighted by Crippen LogP contribution is 2.34. The summed E-state index contributed by atoms with van der Waals surface area (Å²) < 4.78 is 0.895. The number of fused-ring (bicyclic) bond motifs is 1. The van der Waals surface area contributed by atoms with Crippen LogP contribution in [0.15, 0.2) is 28.4 Å². The van der Waals surface area contributed by atoms with Crippen LogP contribution in [-0.2, 0) is 11.2 Å². The van der Waals surface area contributed by atoms with E-state index in [0.29, 0.717) is 18.4 Å². The molecule has 0 radical (unpaired) electrons. The lowest BCUT2D eigenvalue weighted by molar-refractivity contribution is -0.130. The Morgan fingerprint density at radius 2 is 2.07 bits per heavy atom. The van der Waals surface area contributed by atoms with Gasteiger partial charge in [0, 0.05) is 10.9 Å². The number of aliphatic hydroxyl groups is 1. The SMILES string of the molecule is O=C(O)C1=C(O)CCc2c(Br)cccc21. The standard InChI is InChI=1S/C11H9BrO3/c12-8-3-1-2-7-6(8)4-5-9(13)10(7)11(14)15/h1-3,13H,4-5H2,(H,14,15). The summed E-state index contributed by atoms with van der Waals surface area (Å²) in [5.74, 6) is -1.11. The Labute approximate surface area is 95.2 Å². The Morgan fingerprint density at radius 1 is 1.33 bits per heavy atom. The van der Waals surface area contributed by atoms with Crippen molar-refractivity contribution in [2.75, 3.05) is 0 Å². The topological polar surface area (TPSA) is 57.5 Å². The molecule has 0 atom stereocenters. The monoisotopic (exact) mass is 268 g/mol. The highest BCUT2D eigenvalue weighted by Gasteiger charge is 2.24. The number of aliphatic hydroxyl groups excluding tert-OH is 1. The van der Waals surface area contributed by atoms with E-state index in [2.05, 4.69) is 15.9 Å². The Balaban J connectivity index is 2.67. The van der Waals surface area contributed by atoms with E-state index >= 15 is 0 Å². The zero-order valence-electron chi connectivity index (χ0n) is 7.83. The van der Waals surface area contributed by atoms with E-state index in [-0.39, 0.29) is 11.3 Å². The molecule has 15 heavy (non-hydrogen) atoms. The Bertz CT molecular complexity index is 463. The van der Waals surface area contributed by atoms with Crippen molar-refractivity contribution in [3.63, 3.8) is 0 Å². The van der Waals surface area contributed by atoms with Gasteiger partial charge in [0.1, 0.15) is 11.3 Å². The van der Waals surface area contributed by atoms with Crippen molar-refractivity contribution >= 4 is 27.5 Å². The van der Waals surface area contributed by atoms with E-state index in [9.17, 15) is 9.90 Å². The van der Waals surface area contributed by atoms with Crippen LogP contribution in [0.25, 0.3) is 5.57 Å². The highest BCUT2D eigenvalue weighted by atomic mass is 79.9. The van der Waals surface area contributed by atoms with E-state index in [1.54, 1.807) is 12.1 Å². The van der Waals surface area contributed by atoms with Crippen LogP contribution in [0.3, 0.4) is 0 Å². The smallest absolute Gasteiger partial charge is 0.339 e. The number of carboxylic acid groups (broad SMARTS) is 1. The van der Waals surface area contributed by atoms with Gasteiger partial charge < -0.3 is 10.2 Å². The highest BCUT2D eigenvalue weighted by molar-refractivity contribution is 9.10. The van der Waals surface area contributed by atoms with Gasteiger partial charge in [-0.15, -0.1) is 0 Å². The second-order valence-electron chi connectivity index (χ2n) is 3.39. The van der Waals surface area contributed by atoms with Crippen LogP contribution in [-0.4, -0.2) is 16.2 Å². The average molecular weight is 269 g/mol. The maximum absolute atomic E-state index is 11.0. The molecular weight excluding hydrogens is 260 g/mol. The zero-order chi connectivity index (χ0) is 11.0. The maximum atomic E-state index is 11.0. The second kappa shape index (κ2) is 3.70. The molecule has 4 heteroatoms. The van der Waals surface area contributed by atoms with Crippen molar-refractivity contribution in [2.45, 2.75) is 12.8 Å². The summed E-state index contributed by atoms with van der Waals surface area (Å²) >= 11 is 3.38. The van der Waals surface area contributed by atoms with Crippen LogP contribution in [0.1, 0.15) is 17.5 Å². The maximum Gasteiger partial charge on any atom is 0.339 e. The molecule has 0 aliphatic heterocycles. The van der Waals surface area contributed by atoms with E-state index in [4.69, 9.17) is 5.11 Å². The number of carboxylic acids is 1. The minimum Gasteiger partial charge on any atom is -0.511 e. The number of allylic oxidation sites excluding steroid dienone is 1. The number of rotatable bonds is 1. The zero-order valence-corrected chi connectivity index (χ0v) is 9.41. The molecule has 1 aliphatic rings. The van der Waals surface area contributed by atoms with Crippen molar-refractivity contribution in [3.8, 4) is 0 Å². The lowest BCUT2D eigenvalue weighted by Crippen LogP contribution is -2.12. The molecule has 1 aromatic rings. The quantitative estimate of drug-likeness (QED) is 0.824. The van der Waals surface area contributed by atoms with Gasteiger partial charge in [-0.2, -0.15) is 0 Å². The summed E-state index contributed by atoms with van der Waals surface area (Å²) in [6.07, 6.45) is 1.05. The van der Waals surface area contributed by atoms with Crippen molar-refractivity contribution in [3.05, 3.63) is 39.6 Å². The number of aliphatic carboxylic acids is 1. The summed E-state index contributed by atoms with van der Waals surface area (Å²) in [4.78, 5) is 11.0. The average Bonchev–Trinajstić information content (AvgIpc) is 2.17. The van der Waals surface area contributed by atoms with Crippen LogP contribution >= 0.6 is 15.9 Å². The van der Waals surface area contributed by atoms with Crippen molar-refractivity contribution in [1.29, 1.82) is 0 Å². The first-order valence-electron chi connectivity index (χ1n) is 4.54. The normalized spacial score (nSPS) is 15.0. The van der Waals surface area contributed by atoms with Gasteiger partial charge in [-0.1, -0.05) is 28.1 Å². The molecule has 0 heterocycles. The molecule has 1 aromatic carbocycles. The molecule has 3 nitrogen and oxygen atoms in total. The van der Waals surface area contributed by atoms with Gasteiger partial charge in [0.05, 0.1) is 0 Å². The van der Waals surface area contributed by atoms with Crippen LogP contribution < -0.4 is 0 Å². The molecule has 2 N–H and O–H groups in total.